The molecule has 1 aromatic heterocycles. The molecule has 1 saturated heterocycles. The van der Waals surface area contributed by atoms with E-state index in [0.29, 0.717) is 6.61 Å². The van der Waals surface area contributed by atoms with Crippen LogP contribution in [-0.2, 0) is 0 Å². The minimum absolute atomic E-state index is 0.321. The molecule has 4 heteroatoms. The van der Waals surface area contributed by atoms with E-state index in [9.17, 15) is 0 Å². The lowest BCUT2D eigenvalue weighted by molar-refractivity contribution is 0.261. The number of hydrogen-bond acceptors (Lipinski definition) is 4. The zero-order valence-corrected chi connectivity index (χ0v) is 9.55. The van der Waals surface area contributed by atoms with Gasteiger partial charge in [0.25, 0.3) is 0 Å². The van der Waals surface area contributed by atoms with Crippen LogP contribution >= 0.6 is 0 Å². The Labute approximate surface area is 96.3 Å². The van der Waals surface area contributed by atoms with Gasteiger partial charge in [-0.1, -0.05) is 0 Å². The lowest BCUT2D eigenvalue weighted by Crippen LogP contribution is -2.34. The van der Waals surface area contributed by atoms with E-state index in [4.69, 9.17) is 5.11 Å². The molecule has 0 radical (unpaired) electrons. The van der Waals surface area contributed by atoms with Gasteiger partial charge in [0.15, 0.2) is 0 Å². The molecule has 0 aliphatic carbocycles. The largest absolute Gasteiger partial charge is 0.396 e. The maximum Gasteiger partial charge on any atom is 0.225 e. The van der Waals surface area contributed by atoms with Crippen LogP contribution in [0.2, 0.25) is 0 Å². The quantitative estimate of drug-likeness (QED) is 0.836. The third kappa shape index (κ3) is 2.92. The van der Waals surface area contributed by atoms with Gasteiger partial charge in [0.2, 0.25) is 5.95 Å². The molecule has 1 aromatic rings. The van der Waals surface area contributed by atoms with Crippen molar-refractivity contribution in [2.75, 3.05) is 24.6 Å². The Morgan fingerprint density at radius 2 is 1.94 bits per heavy atom. The molecular formula is C12H19N3O. The second-order valence-electron chi connectivity index (χ2n) is 4.35. The van der Waals surface area contributed by atoms with Crippen LogP contribution in [0.4, 0.5) is 5.95 Å². The Balaban J connectivity index is 1.81. The fourth-order valence-corrected chi connectivity index (χ4v) is 2.26. The van der Waals surface area contributed by atoms with Gasteiger partial charge in [0.1, 0.15) is 0 Å². The van der Waals surface area contributed by atoms with Gasteiger partial charge < -0.3 is 10.0 Å². The summed E-state index contributed by atoms with van der Waals surface area (Å²) in [6, 6.07) is 1.84. The summed E-state index contributed by atoms with van der Waals surface area (Å²) in [5.74, 6) is 1.62. The monoisotopic (exact) mass is 221 g/mol. The topological polar surface area (TPSA) is 49.2 Å². The van der Waals surface area contributed by atoms with Crippen molar-refractivity contribution in [3.05, 3.63) is 18.5 Å². The molecular weight excluding hydrogens is 202 g/mol. The zero-order valence-electron chi connectivity index (χ0n) is 9.55. The zero-order chi connectivity index (χ0) is 11.2. The Morgan fingerprint density at radius 3 is 2.56 bits per heavy atom. The number of aliphatic hydroxyl groups is 1. The van der Waals surface area contributed by atoms with Gasteiger partial charge in [-0.15, -0.1) is 0 Å². The Bertz CT molecular complexity index is 296. The standard InChI is InChI=1S/C12H19N3O/c16-10-1-3-11-4-8-15(9-5-11)12-13-6-2-7-14-12/h2,6-7,11,16H,1,3-5,8-10H2. The van der Waals surface area contributed by atoms with E-state index >= 15 is 0 Å². The van der Waals surface area contributed by atoms with Crippen LogP contribution in [0.1, 0.15) is 25.7 Å². The fraction of sp³-hybridized carbons (Fsp3) is 0.667. The molecule has 1 aliphatic rings. The summed E-state index contributed by atoms with van der Waals surface area (Å²) in [5.41, 5.74) is 0. The molecule has 0 bridgehead atoms. The highest BCUT2D eigenvalue weighted by Gasteiger charge is 2.19. The number of rotatable bonds is 4. The average molecular weight is 221 g/mol. The number of nitrogens with zero attached hydrogens (tertiary/aromatic N) is 3. The van der Waals surface area contributed by atoms with Gasteiger partial charge in [0.05, 0.1) is 0 Å². The van der Waals surface area contributed by atoms with E-state index in [0.717, 1.165) is 37.8 Å². The third-order valence-corrected chi connectivity index (χ3v) is 3.22. The highest BCUT2D eigenvalue weighted by atomic mass is 16.2. The Hall–Kier alpha value is -1.16. The highest BCUT2D eigenvalue weighted by Crippen LogP contribution is 2.23. The number of piperidine rings is 1. The summed E-state index contributed by atoms with van der Waals surface area (Å²) in [7, 11) is 0. The second kappa shape index (κ2) is 5.80. The summed E-state index contributed by atoms with van der Waals surface area (Å²) < 4.78 is 0. The van der Waals surface area contributed by atoms with Crippen molar-refractivity contribution in [1.29, 1.82) is 0 Å². The summed E-state index contributed by atoms with van der Waals surface area (Å²) in [5, 5.41) is 8.80. The maximum absolute atomic E-state index is 8.80. The van der Waals surface area contributed by atoms with E-state index in [1.54, 1.807) is 12.4 Å². The molecule has 1 fully saturated rings. The molecule has 0 atom stereocenters. The van der Waals surface area contributed by atoms with Crippen LogP contribution in [-0.4, -0.2) is 34.8 Å². The molecule has 0 aromatic carbocycles. The maximum atomic E-state index is 8.80. The van der Waals surface area contributed by atoms with Crippen LogP contribution in [0.5, 0.6) is 0 Å². The summed E-state index contributed by atoms with van der Waals surface area (Å²) in [6.45, 7) is 2.40. The van der Waals surface area contributed by atoms with E-state index < -0.39 is 0 Å². The molecule has 4 nitrogen and oxygen atoms in total. The molecule has 1 aliphatic heterocycles. The van der Waals surface area contributed by atoms with Crippen LogP contribution in [0.15, 0.2) is 18.5 Å². The third-order valence-electron chi connectivity index (χ3n) is 3.22. The molecule has 0 unspecified atom stereocenters. The molecule has 2 heterocycles. The van der Waals surface area contributed by atoms with E-state index in [1.807, 2.05) is 6.07 Å². The van der Waals surface area contributed by atoms with Crippen LogP contribution in [0.3, 0.4) is 0 Å². The number of anilines is 1. The number of aromatic nitrogens is 2. The van der Waals surface area contributed by atoms with Crippen LogP contribution in [0, 0.1) is 5.92 Å². The summed E-state index contributed by atoms with van der Waals surface area (Å²) in [6.07, 6.45) is 8.06. The van der Waals surface area contributed by atoms with Gasteiger partial charge in [-0.05, 0) is 37.7 Å². The lowest BCUT2D eigenvalue weighted by Gasteiger charge is -2.31. The average Bonchev–Trinajstić information content (AvgIpc) is 2.38. The number of aliphatic hydroxyl groups excluding tert-OH is 1. The highest BCUT2D eigenvalue weighted by molar-refractivity contribution is 5.28. The Kier molecular flexibility index (Phi) is 4.10. The molecule has 88 valence electrons. The first-order valence-electron chi connectivity index (χ1n) is 6.03. The number of hydrogen-bond donors (Lipinski definition) is 1. The SMILES string of the molecule is OCCCC1CCN(c2ncccn2)CC1. The lowest BCUT2D eigenvalue weighted by atomic mass is 9.92. The minimum Gasteiger partial charge on any atom is -0.396 e. The first-order chi connectivity index (χ1) is 7.90. The molecule has 16 heavy (non-hydrogen) atoms. The Morgan fingerprint density at radius 1 is 1.25 bits per heavy atom. The van der Waals surface area contributed by atoms with Gasteiger partial charge in [-0.3, -0.25) is 0 Å². The molecule has 0 spiro atoms. The van der Waals surface area contributed by atoms with Crippen molar-refractivity contribution < 1.29 is 5.11 Å². The predicted molar refractivity (Wildman–Crippen MR) is 63.3 cm³/mol. The van der Waals surface area contributed by atoms with Gasteiger partial charge in [-0.25, -0.2) is 9.97 Å². The normalized spacial score (nSPS) is 17.7. The van der Waals surface area contributed by atoms with E-state index in [2.05, 4.69) is 14.9 Å². The molecule has 2 rings (SSSR count). The van der Waals surface area contributed by atoms with Crippen molar-refractivity contribution in [3.8, 4) is 0 Å². The van der Waals surface area contributed by atoms with Crippen LogP contribution in [0.25, 0.3) is 0 Å². The van der Waals surface area contributed by atoms with Crippen molar-refractivity contribution in [2.45, 2.75) is 25.7 Å². The van der Waals surface area contributed by atoms with E-state index in [1.165, 1.54) is 12.8 Å². The van der Waals surface area contributed by atoms with Gasteiger partial charge >= 0.3 is 0 Å². The van der Waals surface area contributed by atoms with Crippen LogP contribution < -0.4 is 4.90 Å². The fourth-order valence-electron chi connectivity index (χ4n) is 2.26. The minimum atomic E-state index is 0.321. The first kappa shape index (κ1) is 11.3. The van der Waals surface area contributed by atoms with E-state index in [-0.39, 0.29) is 0 Å². The van der Waals surface area contributed by atoms with Gasteiger partial charge in [0, 0.05) is 32.1 Å². The summed E-state index contributed by atoms with van der Waals surface area (Å²) >= 11 is 0. The molecule has 1 N–H and O–H groups in total. The van der Waals surface area contributed by atoms with Crippen molar-refractivity contribution in [3.63, 3.8) is 0 Å². The summed E-state index contributed by atoms with van der Waals surface area (Å²) in [4.78, 5) is 10.8. The van der Waals surface area contributed by atoms with Gasteiger partial charge in [-0.2, -0.15) is 0 Å². The molecule has 0 amide bonds. The predicted octanol–water partition coefficient (Wildman–Crippen LogP) is 1.47. The van der Waals surface area contributed by atoms with Crippen molar-refractivity contribution in [2.24, 2.45) is 5.92 Å². The first-order valence-corrected chi connectivity index (χ1v) is 6.03. The second-order valence-corrected chi connectivity index (χ2v) is 4.35. The smallest absolute Gasteiger partial charge is 0.225 e. The van der Waals surface area contributed by atoms with Crippen molar-refractivity contribution in [1.82, 2.24) is 9.97 Å². The van der Waals surface area contributed by atoms with Crippen molar-refractivity contribution >= 4 is 5.95 Å². The molecule has 0 saturated carbocycles.